The number of carbonyl (C=O) groups is 1. The van der Waals surface area contributed by atoms with E-state index in [0.29, 0.717) is 12.4 Å². The average Bonchev–Trinajstić information content (AvgIpc) is 2.92. The maximum atomic E-state index is 12.8. The molecular weight excluding hydrogens is 280 g/mol. The van der Waals surface area contributed by atoms with Gasteiger partial charge in [0.1, 0.15) is 6.04 Å². The SMILES string of the molecule is CC1(C)CC(=O)C2=C(C1)Nc1nnnn1C2c1ccccn1. The predicted octanol–water partition coefficient (Wildman–Crippen LogP) is 1.73. The van der Waals surface area contributed by atoms with Gasteiger partial charge in [-0.05, 0) is 34.4 Å². The molecular formula is C15H16N6O. The van der Waals surface area contributed by atoms with Gasteiger partial charge < -0.3 is 5.32 Å². The van der Waals surface area contributed by atoms with Crippen molar-refractivity contribution in [2.75, 3.05) is 5.32 Å². The molecule has 7 nitrogen and oxygen atoms in total. The van der Waals surface area contributed by atoms with Crippen LogP contribution in [0.1, 0.15) is 38.4 Å². The second-order valence-electron chi connectivity index (χ2n) is 6.56. The van der Waals surface area contributed by atoms with E-state index in [1.54, 1.807) is 10.9 Å². The summed E-state index contributed by atoms with van der Waals surface area (Å²) >= 11 is 0. The fourth-order valence-electron chi connectivity index (χ4n) is 3.28. The summed E-state index contributed by atoms with van der Waals surface area (Å²) in [5.74, 6) is 0.690. The molecule has 1 aliphatic heterocycles. The van der Waals surface area contributed by atoms with Crippen molar-refractivity contribution in [1.82, 2.24) is 25.2 Å². The quantitative estimate of drug-likeness (QED) is 0.862. The summed E-state index contributed by atoms with van der Waals surface area (Å²) in [4.78, 5) is 17.2. The van der Waals surface area contributed by atoms with Crippen LogP contribution in [0, 0.1) is 5.41 Å². The van der Waals surface area contributed by atoms with E-state index in [1.807, 2.05) is 18.2 Å². The Morgan fingerprint density at radius 2 is 2.18 bits per heavy atom. The number of Topliss-reactive ketones (excluding diaryl/α,β-unsaturated/α-hetero) is 1. The zero-order chi connectivity index (χ0) is 15.3. The Morgan fingerprint density at radius 3 is 2.95 bits per heavy atom. The van der Waals surface area contributed by atoms with Crippen LogP contribution in [-0.4, -0.2) is 31.0 Å². The fourth-order valence-corrected chi connectivity index (χ4v) is 3.28. The molecule has 2 aliphatic rings. The second-order valence-corrected chi connectivity index (χ2v) is 6.56. The summed E-state index contributed by atoms with van der Waals surface area (Å²) in [5, 5.41) is 15.0. The molecule has 0 saturated carbocycles. The van der Waals surface area contributed by atoms with Crippen LogP contribution in [0.2, 0.25) is 0 Å². The van der Waals surface area contributed by atoms with Gasteiger partial charge in [-0.2, -0.15) is 4.68 Å². The van der Waals surface area contributed by atoms with Crippen LogP contribution in [-0.2, 0) is 4.79 Å². The van der Waals surface area contributed by atoms with Gasteiger partial charge in [-0.15, -0.1) is 0 Å². The molecule has 1 aliphatic carbocycles. The summed E-state index contributed by atoms with van der Waals surface area (Å²) in [6.45, 7) is 4.20. The standard InChI is InChI=1S/C15H16N6O/c1-15(2)7-10-12(11(22)8-15)13(9-5-3-4-6-16-9)21-14(17-10)18-19-20-21/h3-6,13H,7-8H2,1-2H3,(H,17,18,20). The number of pyridine rings is 1. The van der Waals surface area contributed by atoms with E-state index in [9.17, 15) is 4.79 Å². The molecule has 0 radical (unpaired) electrons. The largest absolute Gasteiger partial charge is 0.326 e. The van der Waals surface area contributed by atoms with E-state index >= 15 is 0 Å². The molecule has 4 rings (SSSR count). The third-order valence-electron chi connectivity index (χ3n) is 4.16. The van der Waals surface area contributed by atoms with Crippen molar-refractivity contribution >= 4 is 11.7 Å². The summed E-state index contributed by atoms with van der Waals surface area (Å²) in [6.07, 6.45) is 3.04. The molecule has 7 heteroatoms. The second kappa shape index (κ2) is 4.46. The van der Waals surface area contributed by atoms with Crippen LogP contribution in [0.5, 0.6) is 0 Å². The van der Waals surface area contributed by atoms with Crippen LogP contribution in [0.3, 0.4) is 0 Å². The molecule has 22 heavy (non-hydrogen) atoms. The maximum absolute atomic E-state index is 12.8. The molecule has 0 saturated heterocycles. The minimum Gasteiger partial charge on any atom is -0.326 e. The lowest BCUT2D eigenvalue weighted by atomic mass is 9.73. The number of tetrazole rings is 1. The molecule has 0 amide bonds. The van der Waals surface area contributed by atoms with Gasteiger partial charge in [0.2, 0.25) is 5.95 Å². The fraction of sp³-hybridized carbons (Fsp3) is 0.400. The van der Waals surface area contributed by atoms with E-state index in [0.717, 1.165) is 23.4 Å². The summed E-state index contributed by atoms with van der Waals surface area (Å²) < 4.78 is 1.64. The molecule has 0 bridgehead atoms. The predicted molar refractivity (Wildman–Crippen MR) is 78.9 cm³/mol. The molecule has 0 spiro atoms. The summed E-state index contributed by atoms with van der Waals surface area (Å²) in [5.41, 5.74) is 2.36. The number of anilines is 1. The Labute approximate surface area is 127 Å². The molecule has 2 aromatic heterocycles. The molecule has 3 heterocycles. The van der Waals surface area contributed by atoms with Gasteiger partial charge in [0.15, 0.2) is 5.78 Å². The van der Waals surface area contributed by atoms with Crippen molar-refractivity contribution < 1.29 is 4.79 Å². The highest BCUT2D eigenvalue weighted by Gasteiger charge is 2.42. The Kier molecular flexibility index (Phi) is 2.66. The highest BCUT2D eigenvalue weighted by atomic mass is 16.1. The van der Waals surface area contributed by atoms with E-state index in [2.05, 4.69) is 39.7 Å². The number of fused-ring (bicyclic) bond motifs is 1. The van der Waals surface area contributed by atoms with Gasteiger partial charge in [0.25, 0.3) is 0 Å². The third kappa shape index (κ3) is 1.93. The summed E-state index contributed by atoms with van der Waals surface area (Å²) in [7, 11) is 0. The van der Waals surface area contributed by atoms with Crippen molar-refractivity contribution in [2.45, 2.75) is 32.7 Å². The highest BCUT2D eigenvalue weighted by Crippen LogP contribution is 2.44. The van der Waals surface area contributed by atoms with E-state index < -0.39 is 0 Å². The van der Waals surface area contributed by atoms with Crippen LogP contribution >= 0.6 is 0 Å². The number of ketones is 1. The van der Waals surface area contributed by atoms with Gasteiger partial charge >= 0.3 is 0 Å². The number of allylic oxidation sites excluding steroid dienone is 2. The highest BCUT2D eigenvalue weighted by molar-refractivity contribution is 5.99. The van der Waals surface area contributed by atoms with Crippen molar-refractivity contribution in [2.24, 2.45) is 5.41 Å². The van der Waals surface area contributed by atoms with E-state index in [4.69, 9.17) is 0 Å². The van der Waals surface area contributed by atoms with E-state index in [-0.39, 0.29) is 17.2 Å². The van der Waals surface area contributed by atoms with Crippen LogP contribution in [0.25, 0.3) is 0 Å². The first-order valence-electron chi connectivity index (χ1n) is 7.27. The number of nitrogens with zero attached hydrogens (tertiary/aromatic N) is 5. The van der Waals surface area contributed by atoms with Gasteiger partial charge in [0, 0.05) is 23.9 Å². The number of hydrogen-bond donors (Lipinski definition) is 1. The summed E-state index contributed by atoms with van der Waals surface area (Å²) in [6, 6.07) is 5.31. The molecule has 0 aromatic carbocycles. The minimum absolute atomic E-state index is 0.0623. The van der Waals surface area contributed by atoms with Gasteiger partial charge in [-0.1, -0.05) is 25.0 Å². The van der Waals surface area contributed by atoms with Crippen LogP contribution < -0.4 is 5.32 Å². The molecule has 1 N–H and O–H groups in total. The minimum atomic E-state index is -0.356. The molecule has 0 fully saturated rings. The number of aromatic nitrogens is 5. The zero-order valence-corrected chi connectivity index (χ0v) is 12.4. The monoisotopic (exact) mass is 296 g/mol. The number of hydrogen-bond acceptors (Lipinski definition) is 6. The van der Waals surface area contributed by atoms with Crippen LogP contribution in [0.4, 0.5) is 5.95 Å². The first kappa shape index (κ1) is 13.1. The van der Waals surface area contributed by atoms with Crippen LogP contribution in [0.15, 0.2) is 35.7 Å². The van der Waals surface area contributed by atoms with Gasteiger partial charge in [-0.25, -0.2) is 0 Å². The molecule has 2 aromatic rings. The van der Waals surface area contributed by atoms with Gasteiger partial charge in [-0.3, -0.25) is 9.78 Å². The first-order chi connectivity index (χ1) is 10.6. The number of nitrogens with one attached hydrogen (secondary N) is 1. The average molecular weight is 296 g/mol. The van der Waals surface area contributed by atoms with Gasteiger partial charge in [0.05, 0.1) is 5.69 Å². The Hall–Kier alpha value is -2.57. The Morgan fingerprint density at radius 1 is 1.32 bits per heavy atom. The lowest BCUT2D eigenvalue weighted by molar-refractivity contribution is -0.118. The molecule has 1 atom stereocenters. The number of carbonyl (C=O) groups excluding carboxylic acids is 1. The zero-order valence-electron chi connectivity index (χ0n) is 12.4. The van der Waals surface area contributed by atoms with Crippen molar-refractivity contribution in [3.05, 3.63) is 41.4 Å². The van der Waals surface area contributed by atoms with Crippen molar-refractivity contribution in [3.63, 3.8) is 0 Å². The number of rotatable bonds is 1. The molecule has 112 valence electrons. The lowest BCUT2D eigenvalue weighted by Crippen LogP contribution is -2.36. The third-order valence-corrected chi connectivity index (χ3v) is 4.16. The topological polar surface area (TPSA) is 85.6 Å². The molecule has 1 unspecified atom stereocenters. The smallest absolute Gasteiger partial charge is 0.248 e. The maximum Gasteiger partial charge on any atom is 0.248 e. The Balaban J connectivity index is 1.91. The lowest BCUT2D eigenvalue weighted by Gasteiger charge is -2.37. The first-order valence-corrected chi connectivity index (χ1v) is 7.27. The van der Waals surface area contributed by atoms with Crippen molar-refractivity contribution in [3.8, 4) is 0 Å². The van der Waals surface area contributed by atoms with Crippen molar-refractivity contribution in [1.29, 1.82) is 0 Å². The van der Waals surface area contributed by atoms with E-state index in [1.165, 1.54) is 0 Å². The normalized spacial score (nSPS) is 22.8. The Bertz CT molecular complexity index is 776.